The van der Waals surface area contributed by atoms with Crippen LogP contribution in [0, 0.1) is 5.41 Å². The molecule has 1 aliphatic carbocycles. The van der Waals surface area contributed by atoms with Gasteiger partial charge in [-0.15, -0.1) is 0 Å². The van der Waals surface area contributed by atoms with E-state index in [1.54, 1.807) is 0 Å². The molecule has 1 aliphatic heterocycles. The molecule has 0 radical (unpaired) electrons. The first-order valence-corrected chi connectivity index (χ1v) is 10.2. The first-order valence-electron chi connectivity index (χ1n) is 10.2. The van der Waals surface area contributed by atoms with Gasteiger partial charge in [-0.1, -0.05) is 49.3 Å². The normalized spacial score (nSPS) is 23.1. The van der Waals surface area contributed by atoms with Gasteiger partial charge in [0.2, 0.25) is 11.8 Å². The maximum Gasteiger partial charge on any atom is 0.232 e. The maximum atomic E-state index is 12.4. The Hall–Kier alpha value is -2.17. The molecule has 1 saturated heterocycles. The van der Waals surface area contributed by atoms with E-state index in [4.69, 9.17) is 9.51 Å². The molecule has 4 rings (SSSR count). The highest BCUT2D eigenvalue weighted by Crippen LogP contribution is 2.42. The number of carbonyl (C=O) groups is 1. The molecule has 2 fully saturated rings. The highest BCUT2D eigenvalue weighted by molar-refractivity contribution is 5.79. The van der Waals surface area contributed by atoms with Gasteiger partial charge in [-0.05, 0) is 43.1 Å². The van der Waals surface area contributed by atoms with Crippen LogP contribution in [0.1, 0.15) is 75.1 Å². The molecule has 2 aromatic rings. The number of carbonyl (C=O) groups excluding carboxylic acids is 1. The molecule has 2 heterocycles. The summed E-state index contributed by atoms with van der Waals surface area (Å²) in [4.78, 5) is 19.0. The molecule has 27 heavy (non-hydrogen) atoms. The van der Waals surface area contributed by atoms with Gasteiger partial charge in [-0.25, -0.2) is 0 Å². The fourth-order valence-electron chi connectivity index (χ4n) is 4.30. The number of nitrogens with zero attached hydrogens (tertiary/aromatic N) is 3. The molecular weight excluding hydrogens is 338 g/mol. The van der Waals surface area contributed by atoms with Gasteiger partial charge < -0.3 is 9.42 Å². The van der Waals surface area contributed by atoms with Crippen LogP contribution in [-0.4, -0.2) is 34.0 Å². The Labute approximate surface area is 161 Å². The van der Waals surface area contributed by atoms with E-state index in [1.807, 2.05) is 23.1 Å². The predicted molar refractivity (Wildman–Crippen MR) is 103 cm³/mol. The molecule has 1 saturated carbocycles. The third-order valence-corrected chi connectivity index (χ3v) is 6.24. The van der Waals surface area contributed by atoms with Crippen LogP contribution in [0.4, 0.5) is 0 Å². The van der Waals surface area contributed by atoms with Gasteiger partial charge in [0.05, 0.1) is 5.92 Å². The minimum atomic E-state index is 0.0366. The summed E-state index contributed by atoms with van der Waals surface area (Å²) < 4.78 is 5.57. The Balaban J connectivity index is 1.34. The maximum absolute atomic E-state index is 12.4. The summed E-state index contributed by atoms with van der Waals surface area (Å²) >= 11 is 0. The summed E-state index contributed by atoms with van der Waals surface area (Å²) in [5.41, 5.74) is 1.69. The number of benzene rings is 1. The lowest BCUT2D eigenvalue weighted by molar-refractivity contribution is -0.127. The molecule has 1 atom stereocenters. The Kier molecular flexibility index (Phi) is 5.02. The Morgan fingerprint density at radius 1 is 1.15 bits per heavy atom. The van der Waals surface area contributed by atoms with E-state index in [0.29, 0.717) is 30.2 Å². The third kappa shape index (κ3) is 4.23. The van der Waals surface area contributed by atoms with Crippen LogP contribution in [0.5, 0.6) is 0 Å². The van der Waals surface area contributed by atoms with Crippen molar-refractivity contribution in [3.8, 4) is 0 Å². The fourth-order valence-corrected chi connectivity index (χ4v) is 4.30. The van der Waals surface area contributed by atoms with Gasteiger partial charge in [-0.2, -0.15) is 4.98 Å². The van der Waals surface area contributed by atoms with E-state index in [9.17, 15) is 4.79 Å². The van der Waals surface area contributed by atoms with E-state index in [2.05, 4.69) is 31.1 Å². The molecule has 0 N–H and O–H groups in total. The zero-order valence-electron chi connectivity index (χ0n) is 16.4. The molecule has 2 aliphatic rings. The average Bonchev–Trinajstić information content (AvgIpc) is 3.28. The van der Waals surface area contributed by atoms with Crippen molar-refractivity contribution >= 4 is 5.91 Å². The molecule has 1 amide bonds. The van der Waals surface area contributed by atoms with Crippen molar-refractivity contribution < 1.29 is 9.32 Å². The first kappa shape index (κ1) is 18.2. The topological polar surface area (TPSA) is 59.2 Å². The van der Waals surface area contributed by atoms with Crippen LogP contribution >= 0.6 is 0 Å². The Morgan fingerprint density at radius 2 is 1.89 bits per heavy atom. The van der Waals surface area contributed by atoms with Crippen LogP contribution < -0.4 is 0 Å². The highest BCUT2D eigenvalue weighted by atomic mass is 16.5. The quantitative estimate of drug-likeness (QED) is 0.790. The number of aromatic nitrogens is 2. The second kappa shape index (κ2) is 7.45. The van der Waals surface area contributed by atoms with Crippen LogP contribution in [0.2, 0.25) is 0 Å². The minimum absolute atomic E-state index is 0.0366. The second-order valence-corrected chi connectivity index (χ2v) is 8.91. The lowest BCUT2D eigenvalue weighted by Crippen LogP contribution is -2.27. The molecule has 1 unspecified atom stereocenters. The fraction of sp³-hybridized carbons (Fsp3) is 0.591. The standard InChI is InChI=1S/C22H29N3O2/c1-22(2)11-8-17(9-12-22)20-23-21(27-24-20)18-14-19(26)25(15-18)13-10-16-6-4-3-5-7-16/h3-7,17-18H,8-15H2,1-2H3. The van der Waals surface area contributed by atoms with Gasteiger partial charge in [0.15, 0.2) is 5.82 Å². The van der Waals surface area contributed by atoms with Crippen molar-refractivity contribution in [3.63, 3.8) is 0 Å². The zero-order chi connectivity index (χ0) is 18.9. The van der Waals surface area contributed by atoms with Crippen molar-refractivity contribution in [2.24, 2.45) is 5.41 Å². The van der Waals surface area contributed by atoms with E-state index in [-0.39, 0.29) is 11.8 Å². The molecule has 0 bridgehead atoms. The van der Waals surface area contributed by atoms with Gasteiger partial charge in [-0.3, -0.25) is 4.79 Å². The summed E-state index contributed by atoms with van der Waals surface area (Å²) in [5, 5.41) is 4.26. The average molecular weight is 367 g/mol. The van der Waals surface area contributed by atoms with Crippen molar-refractivity contribution in [2.75, 3.05) is 13.1 Å². The summed E-state index contributed by atoms with van der Waals surface area (Å²) in [6, 6.07) is 10.3. The first-order chi connectivity index (χ1) is 13.0. The predicted octanol–water partition coefficient (Wildman–Crippen LogP) is 4.31. The monoisotopic (exact) mass is 367 g/mol. The summed E-state index contributed by atoms with van der Waals surface area (Å²) in [6.07, 6.45) is 6.02. The highest BCUT2D eigenvalue weighted by Gasteiger charge is 2.35. The van der Waals surface area contributed by atoms with Crippen LogP contribution in [0.3, 0.4) is 0 Å². The largest absolute Gasteiger partial charge is 0.342 e. The number of hydrogen-bond donors (Lipinski definition) is 0. The number of likely N-dealkylation sites (tertiary alicyclic amines) is 1. The van der Waals surface area contributed by atoms with Crippen LogP contribution in [0.25, 0.3) is 0 Å². The Bertz CT molecular complexity index is 774. The number of amides is 1. The molecule has 144 valence electrons. The van der Waals surface area contributed by atoms with Crippen LogP contribution in [-0.2, 0) is 11.2 Å². The van der Waals surface area contributed by atoms with Crippen molar-refractivity contribution in [2.45, 2.75) is 64.2 Å². The summed E-state index contributed by atoms with van der Waals surface area (Å²) in [6.45, 7) is 6.10. The van der Waals surface area contributed by atoms with E-state index < -0.39 is 0 Å². The molecule has 5 heteroatoms. The SMILES string of the molecule is CC1(C)CCC(c2noc(C3CC(=O)N(CCc4ccccc4)C3)n2)CC1. The Morgan fingerprint density at radius 3 is 2.63 bits per heavy atom. The number of rotatable bonds is 5. The van der Waals surface area contributed by atoms with E-state index >= 15 is 0 Å². The summed E-state index contributed by atoms with van der Waals surface area (Å²) in [5.74, 6) is 2.12. The van der Waals surface area contributed by atoms with Gasteiger partial charge in [0.25, 0.3) is 0 Å². The minimum Gasteiger partial charge on any atom is -0.342 e. The zero-order valence-corrected chi connectivity index (χ0v) is 16.4. The third-order valence-electron chi connectivity index (χ3n) is 6.24. The molecular formula is C22H29N3O2. The lowest BCUT2D eigenvalue weighted by Gasteiger charge is -2.32. The molecule has 5 nitrogen and oxygen atoms in total. The van der Waals surface area contributed by atoms with E-state index in [0.717, 1.165) is 31.6 Å². The molecule has 1 aromatic heterocycles. The van der Waals surface area contributed by atoms with Crippen molar-refractivity contribution in [1.29, 1.82) is 0 Å². The molecule has 0 spiro atoms. The number of hydrogen-bond acceptors (Lipinski definition) is 4. The van der Waals surface area contributed by atoms with Crippen LogP contribution in [0.15, 0.2) is 34.9 Å². The van der Waals surface area contributed by atoms with Crippen molar-refractivity contribution in [3.05, 3.63) is 47.6 Å². The molecule has 1 aromatic carbocycles. The lowest BCUT2D eigenvalue weighted by atomic mass is 9.73. The van der Waals surface area contributed by atoms with Gasteiger partial charge in [0, 0.05) is 25.4 Å². The smallest absolute Gasteiger partial charge is 0.232 e. The van der Waals surface area contributed by atoms with Gasteiger partial charge in [0.1, 0.15) is 0 Å². The van der Waals surface area contributed by atoms with E-state index in [1.165, 1.54) is 18.4 Å². The second-order valence-electron chi connectivity index (χ2n) is 8.91. The summed E-state index contributed by atoms with van der Waals surface area (Å²) in [7, 11) is 0. The van der Waals surface area contributed by atoms with Gasteiger partial charge >= 0.3 is 0 Å². The van der Waals surface area contributed by atoms with Crippen molar-refractivity contribution in [1.82, 2.24) is 15.0 Å².